The molecule has 0 bridgehead atoms. The van der Waals surface area contributed by atoms with Gasteiger partial charge >= 0.3 is 0 Å². The first kappa shape index (κ1) is 12.8. The van der Waals surface area contributed by atoms with Gasteiger partial charge in [-0.1, -0.05) is 19.3 Å². The van der Waals surface area contributed by atoms with Crippen molar-refractivity contribution in [3.05, 3.63) is 29.8 Å². The molecule has 1 aromatic rings. The fourth-order valence-corrected chi connectivity index (χ4v) is 3.48. The van der Waals surface area contributed by atoms with E-state index < -0.39 is 6.10 Å². The maximum absolute atomic E-state index is 12.9. The first-order valence-electron chi connectivity index (χ1n) is 6.16. The third kappa shape index (κ3) is 3.96. The zero-order valence-corrected chi connectivity index (χ0v) is 10.6. The van der Waals surface area contributed by atoms with Gasteiger partial charge in [-0.05, 0) is 18.9 Å². The van der Waals surface area contributed by atoms with E-state index in [0.29, 0.717) is 16.6 Å². The second-order valence-corrected chi connectivity index (χ2v) is 5.88. The van der Waals surface area contributed by atoms with E-state index in [1.807, 2.05) is 0 Å². The van der Waals surface area contributed by atoms with Crippen molar-refractivity contribution in [3.63, 3.8) is 0 Å². The highest BCUT2D eigenvalue weighted by atomic mass is 32.2. The van der Waals surface area contributed by atoms with Gasteiger partial charge < -0.3 is 5.11 Å². The lowest BCUT2D eigenvalue weighted by Crippen LogP contribution is -2.11. The topological polar surface area (TPSA) is 33.1 Å². The Hall–Kier alpha value is -0.610. The molecule has 94 valence electrons. The third-order valence-electron chi connectivity index (χ3n) is 3.15. The van der Waals surface area contributed by atoms with E-state index in [0.717, 1.165) is 6.20 Å². The SMILES string of the molecule is OC(CSC1CCCCC1)c1cncc(F)c1. The molecule has 0 amide bonds. The molecule has 1 saturated carbocycles. The summed E-state index contributed by atoms with van der Waals surface area (Å²) in [6.45, 7) is 0. The highest BCUT2D eigenvalue weighted by Gasteiger charge is 2.16. The van der Waals surface area contributed by atoms with E-state index in [2.05, 4.69) is 4.98 Å². The van der Waals surface area contributed by atoms with Crippen molar-refractivity contribution in [1.29, 1.82) is 0 Å². The van der Waals surface area contributed by atoms with Crippen LogP contribution in [-0.2, 0) is 0 Å². The number of aromatic nitrogens is 1. The van der Waals surface area contributed by atoms with Crippen molar-refractivity contribution in [2.45, 2.75) is 43.5 Å². The van der Waals surface area contributed by atoms with Gasteiger partial charge in [-0.15, -0.1) is 0 Å². The maximum Gasteiger partial charge on any atom is 0.141 e. The van der Waals surface area contributed by atoms with Crippen LogP contribution in [0.4, 0.5) is 4.39 Å². The van der Waals surface area contributed by atoms with Crippen LogP contribution in [0.2, 0.25) is 0 Å². The number of thioether (sulfide) groups is 1. The van der Waals surface area contributed by atoms with E-state index in [1.165, 1.54) is 44.4 Å². The maximum atomic E-state index is 12.9. The molecule has 4 heteroatoms. The summed E-state index contributed by atoms with van der Waals surface area (Å²) in [7, 11) is 0. The molecule has 2 rings (SSSR count). The molecule has 2 nitrogen and oxygen atoms in total. The Balaban J connectivity index is 1.82. The number of halogens is 1. The summed E-state index contributed by atoms with van der Waals surface area (Å²) in [4.78, 5) is 3.76. The van der Waals surface area contributed by atoms with Gasteiger partial charge in [0.2, 0.25) is 0 Å². The van der Waals surface area contributed by atoms with Crippen molar-refractivity contribution < 1.29 is 9.50 Å². The molecule has 1 aliphatic carbocycles. The Bertz CT molecular complexity index is 355. The molecular formula is C13H18FNOS. The van der Waals surface area contributed by atoms with Gasteiger partial charge in [0.25, 0.3) is 0 Å². The molecule has 0 radical (unpaired) electrons. The number of aliphatic hydroxyl groups is 1. The van der Waals surface area contributed by atoms with Crippen LogP contribution in [0.3, 0.4) is 0 Å². The highest BCUT2D eigenvalue weighted by molar-refractivity contribution is 7.99. The highest BCUT2D eigenvalue weighted by Crippen LogP contribution is 2.30. The van der Waals surface area contributed by atoms with Crippen LogP contribution < -0.4 is 0 Å². The van der Waals surface area contributed by atoms with Crippen LogP contribution in [0, 0.1) is 5.82 Å². The van der Waals surface area contributed by atoms with Gasteiger partial charge in [-0.3, -0.25) is 4.98 Å². The van der Waals surface area contributed by atoms with Gasteiger partial charge in [0.05, 0.1) is 12.3 Å². The Morgan fingerprint density at radius 1 is 1.35 bits per heavy atom. The van der Waals surface area contributed by atoms with Gasteiger partial charge in [0.1, 0.15) is 5.82 Å². The molecule has 1 heterocycles. The van der Waals surface area contributed by atoms with Gasteiger partial charge in [-0.2, -0.15) is 11.8 Å². The molecule has 17 heavy (non-hydrogen) atoms. The molecule has 1 atom stereocenters. The van der Waals surface area contributed by atoms with E-state index >= 15 is 0 Å². The average molecular weight is 255 g/mol. The van der Waals surface area contributed by atoms with Crippen molar-refractivity contribution in [2.75, 3.05) is 5.75 Å². The summed E-state index contributed by atoms with van der Waals surface area (Å²) in [5, 5.41) is 10.6. The minimum Gasteiger partial charge on any atom is -0.387 e. The van der Waals surface area contributed by atoms with Crippen molar-refractivity contribution in [1.82, 2.24) is 4.98 Å². The minimum absolute atomic E-state index is 0.385. The predicted molar refractivity (Wildman–Crippen MR) is 68.5 cm³/mol. The average Bonchev–Trinajstić information content (AvgIpc) is 2.37. The molecular weight excluding hydrogens is 237 g/mol. The normalized spacial score (nSPS) is 19.2. The lowest BCUT2D eigenvalue weighted by Gasteiger charge is -2.22. The van der Waals surface area contributed by atoms with Gasteiger partial charge in [-0.25, -0.2) is 4.39 Å². The zero-order chi connectivity index (χ0) is 12.1. The summed E-state index contributed by atoms with van der Waals surface area (Å²) >= 11 is 1.81. The monoisotopic (exact) mass is 255 g/mol. The van der Waals surface area contributed by atoms with Gasteiger partial charge in [0, 0.05) is 22.8 Å². The molecule has 0 saturated heterocycles. The molecule has 1 aliphatic rings. The number of hydrogen-bond donors (Lipinski definition) is 1. The summed E-state index contributed by atoms with van der Waals surface area (Å²) in [6, 6.07) is 1.36. The van der Waals surface area contributed by atoms with Crippen LogP contribution >= 0.6 is 11.8 Å². The Labute approximate surface area is 106 Å². The molecule has 0 spiro atoms. The molecule has 1 unspecified atom stereocenters. The van der Waals surface area contributed by atoms with E-state index in [9.17, 15) is 9.50 Å². The van der Waals surface area contributed by atoms with Crippen LogP contribution in [-0.4, -0.2) is 21.1 Å². The summed E-state index contributed by atoms with van der Waals surface area (Å²) in [5.74, 6) is 0.250. The largest absolute Gasteiger partial charge is 0.387 e. The standard InChI is InChI=1S/C13H18FNOS/c14-11-6-10(7-15-8-11)13(16)9-17-12-4-2-1-3-5-12/h6-8,12-13,16H,1-5,9H2. The van der Waals surface area contributed by atoms with Crippen LogP contribution in [0.1, 0.15) is 43.8 Å². The van der Waals surface area contributed by atoms with Crippen LogP contribution in [0.5, 0.6) is 0 Å². The number of nitrogens with zero attached hydrogens (tertiary/aromatic N) is 1. The second kappa shape index (κ2) is 6.36. The van der Waals surface area contributed by atoms with Gasteiger partial charge in [0.15, 0.2) is 0 Å². The van der Waals surface area contributed by atoms with Crippen molar-refractivity contribution in [2.24, 2.45) is 0 Å². The van der Waals surface area contributed by atoms with Crippen molar-refractivity contribution in [3.8, 4) is 0 Å². The molecule has 1 aromatic heterocycles. The summed E-state index contributed by atoms with van der Waals surface area (Å²) < 4.78 is 12.9. The Morgan fingerprint density at radius 2 is 2.12 bits per heavy atom. The van der Waals surface area contributed by atoms with E-state index in [-0.39, 0.29) is 5.82 Å². The fraction of sp³-hybridized carbons (Fsp3) is 0.615. The van der Waals surface area contributed by atoms with E-state index in [1.54, 1.807) is 11.8 Å². The quantitative estimate of drug-likeness (QED) is 0.896. The summed E-state index contributed by atoms with van der Waals surface area (Å²) in [5.41, 5.74) is 0.577. The molecule has 1 N–H and O–H groups in total. The Morgan fingerprint density at radius 3 is 2.82 bits per heavy atom. The predicted octanol–water partition coefficient (Wildman–Crippen LogP) is 3.32. The van der Waals surface area contributed by atoms with E-state index in [4.69, 9.17) is 0 Å². The fourth-order valence-electron chi connectivity index (χ4n) is 2.17. The summed E-state index contributed by atoms with van der Waals surface area (Å²) in [6.07, 6.45) is 8.53. The number of hydrogen-bond acceptors (Lipinski definition) is 3. The first-order valence-corrected chi connectivity index (χ1v) is 7.20. The number of pyridine rings is 1. The third-order valence-corrected chi connectivity index (χ3v) is 4.60. The lowest BCUT2D eigenvalue weighted by molar-refractivity contribution is 0.203. The lowest BCUT2D eigenvalue weighted by atomic mass is 10.0. The Kier molecular flexibility index (Phi) is 4.80. The van der Waals surface area contributed by atoms with Crippen LogP contribution in [0.15, 0.2) is 18.5 Å². The molecule has 0 aromatic carbocycles. The minimum atomic E-state index is -0.606. The number of aliphatic hydroxyl groups excluding tert-OH is 1. The zero-order valence-electron chi connectivity index (χ0n) is 9.81. The number of rotatable bonds is 4. The smallest absolute Gasteiger partial charge is 0.141 e. The first-order chi connectivity index (χ1) is 8.25. The molecule has 0 aliphatic heterocycles. The van der Waals surface area contributed by atoms with Crippen molar-refractivity contribution >= 4 is 11.8 Å². The molecule has 1 fully saturated rings. The second-order valence-electron chi connectivity index (χ2n) is 4.55. The van der Waals surface area contributed by atoms with Crippen LogP contribution in [0.25, 0.3) is 0 Å².